The van der Waals surface area contributed by atoms with Gasteiger partial charge in [-0.1, -0.05) is 13.8 Å². The molecule has 92 valence electrons. The van der Waals surface area contributed by atoms with Crippen LogP contribution in [0.5, 0.6) is 0 Å². The summed E-state index contributed by atoms with van der Waals surface area (Å²) in [5, 5.41) is 5.36. The normalized spacial score (nSPS) is 9.76. The van der Waals surface area contributed by atoms with Crippen LogP contribution >= 0.6 is 0 Å². The second kappa shape index (κ2) is 6.62. The van der Waals surface area contributed by atoms with E-state index in [4.69, 9.17) is 0 Å². The van der Waals surface area contributed by atoms with Gasteiger partial charge in [0.15, 0.2) is 0 Å². The van der Waals surface area contributed by atoms with E-state index in [9.17, 15) is 9.59 Å². The third-order valence-corrected chi connectivity index (χ3v) is 2.11. The van der Waals surface area contributed by atoms with Crippen molar-refractivity contribution < 1.29 is 9.59 Å². The van der Waals surface area contributed by atoms with Crippen LogP contribution in [-0.2, 0) is 9.59 Å². The molecule has 17 heavy (non-hydrogen) atoms. The Hall–Kier alpha value is -1.91. The first-order chi connectivity index (χ1) is 8.15. The van der Waals surface area contributed by atoms with Crippen LogP contribution in [0.25, 0.3) is 0 Å². The van der Waals surface area contributed by atoms with Crippen molar-refractivity contribution in [3.63, 3.8) is 0 Å². The quantitative estimate of drug-likeness (QED) is 0.821. The largest absolute Gasteiger partial charge is 0.325 e. The Morgan fingerprint density at radius 1 is 1.18 bits per heavy atom. The summed E-state index contributed by atoms with van der Waals surface area (Å²) in [7, 11) is 0. The molecule has 0 fully saturated rings. The van der Waals surface area contributed by atoms with Crippen molar-refractivity contribution in [3.8, 4) is 0 Å². The van der Waals surface area contributed by atoms with E-state index in [0.29, 0.717) is 24.3 Å². The first-order valence-corrected chi connectivity index (χ1v) is 5.71. The summed E-state index contributed by atoms with van der Waals surface area (Å²) in [6, 6.07) is 3.38. The lowest BCUT2D eigenvalue weighted by atomic mass is 10.3. The molecule has 0 aliphatic carbocycles. The van der Waals surface area contributed by atoms with Crippen LogP contribution < -0.4 is 10.6 Å². The molecule has 1 heterocycles. The lowest BCUT2D eigenvalue weighted by Crippen LogP contribution is -2.12. The summed E-state index contributed by atoms with van der Waals surface area (Å²) < 4.78 is 0. The highest BCUT2D eigenvalue weighted by Crippen LogP contribution is 2.10. The molecule has 0 bridgehead atoms. The van der Waals surface area contributed by atoms with Crippen LogP contribution in [0.4, 0.5) is 11.5 Å². The zero-order valence-electron chi connectivity index (χ0n) is 10.1. The number of hydrogen-bond donors (Lipinski definition) is 2. The van der Waals surface area contributed by atoms with Crippen LogP contribution in [0.15, 0.2) is 18.3 Å². The van der Waals surface area contributed by atoms with Crippen LogP contribution in [0.2, 0.25) is 0 Å². The highest BCUT2D eigenvalue weighted by molar-refractivity contribution is 5.91. The molecule has 2 amide bonds. The number of amides is 2. The second-order valence-corrected chi connectivity index (χ2v) is 3.63. The molecule has 0 unspecified atom stereocenters. The van der Waals surface area contributed by atoms with Gasteiger partial charge in [0.05, 0.1) is 11.9 Å². The number of anilines is 2. The fourth-order valence-corrected chi connectivity index (χ4v) is 1.22. The molecule has 0 atom stereocenters. The number of pyridine rings is 1. The fraction of sp³-hybridized carbons (Fsp3) is 0.417. The van der Waals surface area contributed by atoms with Gasteiger partial charge in [-0.05, 0) is 18.6 Å². The van der Waals surface area contributed by atoms with Crippen LogP contribution in [-0.4, -0.2) is 16.8 Å². The lowest BCUT2D eigenvalue weighted by molar-refractivity contribution is -0.116. The Bertz CT molecular complexity index is 387. The Morgan fingerprint density at radius 3 is 2.47 bits per heavy atom. The summed E-state index contributed by atoms with van der Waals surface area (Å²) >= 11 is 0. The molecule has 0 saturated heterocycles. The Labute approximate surface area is 101 Å². The second-order valence-electron chi connectivity index (χ2n) is 3.63. The van der Waals surface area contributed by atoms with Gasteiger partial charge in [-0.25, -0.2) is 4.98 Å². The van der Waals surface area contributed by atoms with Crippen LogP contribution in [0.1, 0.15) is 33.1 Å². The highest BCUT2D eigenvalue weighted by atomic mass is 16.2. The number of carbonyl (C=O) groups is 2. The Balaban J connectivity index is 2.55. The van der Waals surface area contributed by atoms with Crippen molar-refractivity contribution >= 4 is 23.3 Å². The molecule has 0 saturated carbocycles. The average molecular weight is 235 g/mol. The molecule has 2 N–H and O–H groups in total. The van der Waals surface area contributed by atoms with Gasteiger partial charge in [-0.2, -0.15) is 0 Å². The van der Waals surface area contributed by atoms with E-state index in [-0.39, 0.29) is 11.8 Å². The van der Waals surface area contributed by atoms with Gasteiger partial charge in [0.1, 0.15) is 5.82 Å². The Kier molecular flexibility index (Phi) is 5.13. The predicted octanol–water partition coefficient (Wildman–Crippen LogP) is 2.17. The van der Waals surface area contributed by atoms with Crippen molar-refractivity contribution in [2.75, 3.05) is 10.6 Å². The molecule has 1 aromatic heterocycles. The van der Waals surface area contributed by atoms with Crippen molar-refractivity contribution in [3.05, 3.63) is 18.3 Å². The van der Waals surface area contributed by atoms with Gasteiger partial charge in [0, 0.05) is 12.8 Å². The van der Waals surface area contributed by atoms with Gasteiger partial charge < -0.3 is 10.6 Å². The number of rotatable bonds is 5. The van der Waals surface area contributed by atoms with Crippen molar-refractivity contribution in [2.24, 2.45) is 0 Å². The third kappa shape index (κ3) is 4.63. The molecule has 5 heteroatoms. The molecule has 0 aromatic carbocycles. The van der Waals surface area contributed by atoms with Crippen LogP contribution in [0.3, 0.4) is 0 Å². The number of hydrogen-bond acceptors (Lipinski definition) is 3. The molecule has 0 aliphatic rings. The maximum absolute atomic E-state index is 11.3. The van der Waals surface area contributed by atoms with E-state index in [2.05, 4.69) is 15.6 Å². The standard InChI is InChI=1S/C12H17N3O2/c1-3-5-12(17)14-9-6-7-10(13-8-9)15-11(16)4-2/h6-8H,3-5H2,1-2H3,(H,14,17)(H,13,15,16). The highest BCUT2D eigenvalue weighted by Gasteiger charge is 2.02. The van der Waals surface area contributed by atoms with E-state index in [1.54, 1.807) is 19.1 Å². The fourth-order valence-electron chi connectivity index (χ4n) is 1.22. The molecule has 0 radical (unpaired) electrons. The Morgan fingerprint density at radius 2 is 1.94 bits per heavy atom. The van der Waals surface area contributed by atoms with Gasteiger partial charge in [0.2, 0.25) is 11.8 Å². The predicted molar refractivity (Wildman–Crippen MR) is 66.7 cm³/mol. The molecule has 0 aliphatic heterocycles. The van der Waals surface area contributed by atoms with Gasteiger partial charge in [-0.3, -0.25) is 9.59 Å². The molecule has 1 rings (SSSR count). The van der Waals surface area contributed by atoms with E-state index >= 15 is 0 Å². The van der Waals surface area contributed by atoms with Crippen molar-refractivity contribution in [2.45, 2.75) is 33.1 Å². The zero-order valence-corrected chi connectivity index (χ0v) is 10.1. The van der Waals surface area contributed by atoms with E-state index < -0.39 is 0 Å². The smallest absolute Gasteiger partial charge is 0.225 e. The van der Waals surface area contributed by atoms with E-state index in [1.165, 1.54) is 6.20 Å². The SMILES string of the molecule is CCCC(=O)Nc1ccc(NC(=O)CC)nc1. The zero-order chi connectivity index (χ0) is 12.7. The topological polar surface area (TPSA) is 71.1 Å². The maximum atomic E-state index is 11.3. The first kappa shape index (κ1) is 13.2. The number of nitrogens with zero attached hydrogens (tertiary/aromatic N) is 1. The summed E-state index contributed by atoms with van der Waals surface area (Å²) in [5.41, 5.74) is 0.637. The van der Waals surface area contributed by atoms with Gasteiger partial charge >= 0.3 is 0 Å². The minimum atomic E-state index is -0.0831. The molecule has 1 aromatic rings. The van der Waals surface area contributed by atoms with Crippen molar-refractivity contribution in [1.82, 2.24) is 4.98 Å². The third-order valence-electron chi connectivity index (χ3n) is 2.11. The monoisotopic (exact) mass is 235 g/mol. The summed E-state index contributed by atoms with van der Waals surface area (Å²) in [6.45, 7) is 3.72. The maximum Gasteiger partial charge on any atom is 0.225 e. The van der Waals surface area contributed by atoms with Gasteiger partial charge in [0.25, 0.3) is 0 Å². The number of carbonyl (C=O) groups excluding carboxylic acids is 2. The van der Waals surface area contributed by atoms with E-state index in [0.717, 1.165) is 6.42 Å². The van der Waals surface area contributed by atoms with E-state index in [1.807, 2.05) is 6.92 Å². The van der Waals surface area contributed by atoms with Crippen molar-refractivity contribution in [1.29, 1.82) is 0 Å². The molecule has 0 spiro atoms. The molecule has 5 nitrogen and oxygen atoms in total. The number of nitrogens with one attached hydrogen (secondary N) is 2. The van der Waals surface area contributed by atoms with Gasteiger partial charge in [-0.15, -0.1) is 0 Å². The summed E-state index contributed by atoms with van der Waals surface area (Å²) in [5.74, 6) is 0.380. The minimum Gasteiger partial charge on any atom is -0.325 e. The summed E-state index contributed by atoms with van der Waals surface area (Å²) in [4.78, 5) is 26.5. The summed E-state index contributed by atoms with van der Waals surface area (Å²) in [6.07, 6.45) is 3.24. The average Bonchev–Trinajstić information content (AvgIpc) is 2.32. The minimum absolute atomic E-state index is 0.0281. The lowest BCUT2D eigenvalue weighted by Gasteiger charge is -2.05. The van der Waals surface area contributed by atoms with Crippen LogP contribution in [0, 0.1) is 0 Å². The molecular formula is C12H17N3O2. The first-order valence-electron chi connectivity index (χ1n) is 5.71. The number of aromatic nitrogens is 1. The molecular weight excluding hydrogens is 218 g/mol.